The molecule has 2 atom stereocenters. The molecule has 2 heterocycles. The van der Waals surface area contributed by atoms with E-state index in [1.54, 1.807) is 11.2 Å². The Morgan fingerprint density at radius 3 is 2.67 bits per heavy atom. The molecule has 24 heavy (non-hydrogen) atoms. The molecule has 1 amide bonds. The molecule has 2 rings (SSSR count). The predicted molar refractivity (Wildman–Crippen MR) is 95.4 cm³/mol. The second-order valence-corrected chi connectivity index (χ2v) is 7.58. The molecule has 134 valence electrons. The van der Waals surface area contributed by atoms with Gasteiger partial charge in [-0.3, -0.25) is 0 Å². The highest BCUT2D eigenvalue weighted by Crippen LogP contribution is 2.23. The van der Waals surface area contributed by atoms with Crippen molar-refractivity contribution in [3.8, 4) is 0 Å². The number of aromatic nitrogens is 2. The Kier molecular flexibility index (Phi) is 5.67. The third kappa shape index (κ3) is 4.58. The van der Waals surface area contributed by atoms with Crippen LogP contribution in [0.2, 0.25) is 0 Å². The summed E-state index contributed by atoms with van der Waals surface area (Å²) in [4.78, 5) is 25.1. The molecule has 1 aliphatic heterocycles. The van der Waals surface area contributed by atoms with Gasteiger partial charge in [-0.15, -0.1) is 0 Å². The molecule has 0 spiro atoms. The van der Waals surface area contributed by atoms with Crippen molar-refractivity contribution < 1.29 is 9.53 Å². The van der Waals surface area contributed by atoms with Crippen LogP contribution in [0.4, 0.5) is 10.6 Å². The van der Waals surface area contributed by atoms with Crippen molar-refractivity contribution in [3.63, 3.8) is 0 Å². The van der Waals surface area contributed by atoms with Gasteiger partial charge in [-0.25, -0.2) is 14.8 Å². The van der Waals surface area contributed by atoms with E-state index in [1.807, 2.05) is 20.8 Å². The van der Waals surface area contributed by atoms with Crippen molar-refractivity contribution in [1.82, 2.24) is 14.9 Å². The van der Waals surface area contributed by atoms with E-state index in [9.17, 15) is 4.79 Å². The SMILES string of the molecule is CCC(C)c1cc(N2CCN(C(=O)OC(C)(C)C)C[C@H]2C)ncn1. The van der Waals surface area contributed by atoms with E-state index < -0.39 is 5.60 Å². The Labute approximate surface area is 145 Å². The molecule has 1 aromatic rings. The zero-order valence-corrected chi connectivity index (χ0v) is 15.7. The average molecular weight is 334 g/mol. The van der Waals surface area contributed by atoms with Gasteiger partial charge in [0.2, 0.25) is 0 Å². The van der Waals surface area contributed by atoms with Crippen LogP contribution < -0.4 is 4.90 Å². The zero-order chi connectivity index (χ0) is 17.9. The molecule has 1 fully saturated rings. The third-order valence-corrected chi connectivity index (χ3v) is 4.36. The van der Waals surface area contributed by atoms with E-state index in [1.165, 1.54) is 0 Å². The lowest BCUT2D eigenvalue weighted by Gasteiger charge is -2.40. The molecule has 0 radical (unpaired) electrons. The van der Waals surface area contributed by atoms with E-state index >= 15 is 0 Å². The maximum absolute atomic E-state index is 12.2. The summed E-state index contributed by atoms with van der Waals surface area (Å²) in [6.07, 6.45) is 2.46. The lowest BCUT2D eigenvalue weighted by molar-refractivity contribution is 0.0218. The second-order valence-electron chi connectivity index (χ2n) is 7.58. The van der Waals surface area contributed by atoms with Crippen LogP contribution in [0.3, 0.4) is 0 Å². The molecule has 0 bridgehead atoms. The van der Waals surface area contributed by atoms with Crippen LogP contribution in [-0.2, 0) is 4.74 Å². The fraction of sp³-hybridized carbons (Fsp3) is 0.722. The number of carbonyl (C=O) groups excluding carboxylic acids is 1. The minimum absolute atomic E-state index is 0.186. The average Bonchev–Trinajstić information content (AvgIpc) is 2.52. The first-order chi connectivity index (χ1) is 11.2. The predicted octanol–water partition coefficient (Wildman–Crippen LogP) is 3.44. The molecule has 1 aliphatic rings. The lowest BCUT2D eigenvalue weighted by Crippen LogP contribution is -2.54. The van der Waals surface area contributed by atoms with Gasteiger partial charge in [0, 0.05) is 37.4 Å². The highest BCUT2D eigenvalue weighted by Gasteiger charge is 2.30. The topological polar surface area (TPSA) is 58.6 Å². The van der Waals surface area contributed by atoms with Crippen LogP contribution in [-0.4, -0.2) is 52.2 Å². The van der Waals surface area contributed by atoms with Crippen LogP contribution in [0.15, 0.2) is 12.4 Å². The number of carbonyl (C=O) groups is 1. The van der Waals surface area contributed by atoms with Crippen molar-refractivity contribution in [2.45, 2.75) is 65.5 Å². The summed E-state index contributed by atoms with van der Waals surface area (Å²) in [5.74, 6) is 1.36. The minimum Gasteiger partial charge on any atom is -0.444 e. The van der Waals surface area contributed by atoms with Crippen molar-refractivity contribution in [1.29, 1.82) is 0 Å². The molecule has 0 aromatic carbocycles. The lowest BCUT2D eigenvalue weighted by atomic mass is 10.0. The van der Waals surface area contributed by atoms with Gasteiger partial charge >= 0.3 is 6.09 Å². The molecule has 0 N–H and O–H groups in total. The summed E-state index contributed by atoms with van der Waals surface area (Å²) in [6.45, 7) is 14.1. The first-order valence-corrected chi connectivity index (χ1v) is 8.77. The Balaban J connectivity index is 2.05. The maximum atomic E-state index is 12.2. The molecule has 0 saturated carbocycles. The number of hydrogen-bond acceptors (Lipinski definition) is 5. The van der Waals surface area contributed by atoms with Crippen molar-refractivity contribution >= 4 is 11.9 Å². The summed E-state index contributed by atoms with van der Waals surface area (Å²) in [5.41, 5.74) is 0.610. The second kappa shape index (κ2) is 7.36. The number of amides is 1. The standard InChI is InChI=1S/C18H30N4O2/c1-7-13(2)15-10-16(20-12-19-15)22-9-8-21(11-14(22)3)17(23)24-18(4,5)6/h10,12-14H,7-9,11H2,1-6H3/t13?,14-/m1/s1. The number of ether oxygens (including phenoxy) is 1. The monoisotopic (exact) mass is 334 g/mol. The van der Waals surface area contributed by atoms with Gasteiger partial charge in [-0.05, 0) is 40.0 Å². The summed E-state index contributed by atoms with van der Waals surface area (Å²) < 4.78 is 5.47. The minimum atomic E-state index is -0.463. The van der Waals surface area contributed by atoms with Gasteiger partial charge in [0.15, 0.2) is 0 Å². The van der Waals surface area contributed by atoms with Crippen LogP contribution in [0.25, 0.3) is 0 Å². The van der Waals surface area contributed by atoms with Crippen LogP contribution in [0.5, 0.6) is 0 Å². The highest BCUT2D eigenvalue weighted by atomic mass is 16.6. The van der Waals surface area contributed by atoms with Gasteiger partial charge in [0.1, 0.15) is 17.7 Å². The summed E-state index contributed by atoms with van der Waals surface area (Å²) in [7, 11) is 0. The fourth-order valence-electron chi connectivity index (χ4n) is 2.79. The normalized spacial score (nSPS) is 20.0. The van der Waals surface area contributed by atoms with E-state index in [2.05, 4.69) is 41.7 Å². The van der Waals surface area contributed by atoms with Gasteiger partial charge in [0.05, 0.1) is 0 Å². The molecule has 1 unspecified atom stereocenters. The van der Waals surface area contributed by atoms with Crippen LogP contribution in [0, 0.1) is 0 Å². The smallest absolute Gasteiger partial charge is 0.410 e. The number of hydrogen-bond donors (Lipinski definition) is 0. The van der Waals surface area contributed by atoms with E-state index in [0.29, 0.717) is 19.0 Å². The molecular weight excluding hydrogens is 304 g/mol. The van der Waals surface area contributed by atoms with E-state index in [4.69, 9.17) is 4.74 Å². The summed E-state index contributed by atoms with van der Waals surface area (Å²) in [5, 5.41) is 0. The molecular formula is C18H30N4O2. The molecule has 0 aliphatic carbocycles. The Bertz CT molecular complexity index is 570. The van der Waals surface area contributed by atoms with Gasteiger partial charge < -0.3 is 14.5 Å². The first-order valence-electron chi connectivity index (χ1n) is 8.77. The fourth-order valence-corrected chi connectivity index (χ4v) is 2.79. The number of rotatable bonds is 3. The van der Waals surface area contributed by atoms with Gasteiger partial charge in [0.25, 0.3) is 0 Å². The molecule has 1 saturated heterocycles. The third-order valence-electron chi connectivity index (χ3n) is 4.36. The number of piperazine rings is 1. The number of nitrogens with zero attached hydrogens (tertiary/aromatic N) is 4. The number of anilines is 1. The highest BCUT2D eigenvalue weighted by molar-refractivity contribution is 5.68. The first kappa shape index (κ1) is 18.5. The summed E-state index contributed by atoms with van der Waals surface area (Å²) >= 11 is 0. The van der Waals surface area contributed by atoms with Crippen molar-refractivity contribution in [2.75, 3.05) is 24.5 Å². The molecule has 6 heteroatoms. The van der Waals surface area contributed by atoms with E-state index in [0.717, 1.165) is 24.5 Å². The van der Waals surface area contributed by atoms with Crippen LogP contribution in [0.1, 0.15) is 59.6 Å². The molecule has 1 aromatic heterocycles. The van der Waals surface area contributed by atoms with Crippen LogP contribution >= 0.6 is 0 Å². The zero-order valence-electron chi connectivity index (χ0n) is 15.7. The Hall–Kier alpha value is -1.85. The van der Waals surface area contributed by atoms with Gasteiger partial charge in [-0.1, -0.05) is 13.8 Å². The molecule has 6 nitrogen and oxygen atoms in total. The van der Waals surface area contributed by atoms with Crippen molar-refractivity contribution in [3.05, 3.63) is 18.1 Å². The van der Waals surface area contributed by atoms with Crippen molar-refractivity contribution in [2.24, 2.45) is 0 Å². The quantitative estimate of drug-likeness (QED) is 0.847. The summed E-state index contributed by atoms with van der Waals surface area (Å²) in [6, 6.07) is 2.26. The van der Waals surface area contributed by atoms with E-state index in [-0.39, 0.29) is 12.1 Å². The maximum Gasteiger partial charge on any atom is 0.410 e. The van der Waals surface area contributed by atoms with Gasteiger partial charge in [-0.2, -0.15) is 0 Å². The Morgan fingerprint density at radius 2 is 2.08 bits per heavy atom. The Morgan fingerprint density at radius 1 is 1.38 bits per heavy atom. The largest absolute Gasteiger partial charge is 0.444 e.